The molecule has 1 saturated heterocycles. The Morgan fingerprint density at radius 1 is 1.29 bits per heavy atom. The number of nitrogens with two attached hydrogens (primary N) is 1. The van der Waals surface area contributed by atoms with Crippen LogP contribution in [0.5, 0.6) is 0 Å². The van der Waals surface area contributed by atoms with Crippen LogP contribution in [0.4, 0.5) is 4.39 Å². The van der Waals surface area contributed by atoms with Gasteiger partial charge in [-0.3, -0.25) is 0 Å². The molecule has 0 atom stereocenters. The van der Waals surface area contributed by atoms with Crippen LogP contribution in [0.3, 0.4) is 0 Å². The summed E-state index contributed by atoms with van der Waals surface area (Å²) in [7, 11) is -4.60. The second kappa shape index (κ2) is 6.46. The monoisotopic (exact) mass is 373 g/mol. The van der Waals surface area contributed by atoms with Crippen molar-refractivity contribution in [2.45, 2.75) is 43.8 Å². The molecule has 1 heterocycles. The molecule has 0 aliphatic carbocycles. The molecule has 0 radical (unpaired) electrons. The molecule has 1 aliphatic rings. The predicted molar refractivity (Wildman–Crippen MR) is 95.7 cm³/mol. The van der Waals surface area contributed by atoms with Crippen molar-refractivity contribution in [1.29, 1.82) is 0 Å². The first-order valence-electron chi connectivity index (χ1n) is 7.37. The van der Waals surface area contributed by atoms with Crippen LogP contribution >= 0.6 is 12.6 Å². The number of rotatable bonds is 4. The highest BCUT2D eigenvalue weighted by Crippen LogP contribution is 2.39. The van der Waals surface area contributed by atoms with Gasteiger partial charge in [0.15, 0.2) is 0 Å². The number of sulfonamides is 1. The Labute approximate surface area is 148 Å². The van der Waals surface area contributed by atoms with E-state index in [1.807, 2.05) is 27.7 Å². The normalized spacial score (nSPS) is 20.5. The molecule has 0 spiro atoms. The van der Waals surface area contributed by atoms with Crippen LogP contribution in [0.15, 0.2) is 28.6 Å². The summed E-state index contributed by atoms with van der Waals surface area (Å²) >= 11 is 4.27. The standard InChI is InChI=1S/C15H21BFNO4S2/c1-14(2)15(3,4)22-16(21-14)11(9-23)7-10-5-6-12(8-13(10)17)24(18,19)20/h5-8,23H,9H2,1-4H3,(H2,18,19,20). The summed E-state index contributed by atoms with van der Waals surface area (Å²) in [5, 5.41) is 5.00. The summed E-state index contributed by atoms with van der Waals surface area (Å²) in [6, 6.07) is 3.50. The van der Waals surface area contributed by atoms with Crippen molar-refractivity contribution in [3.63, 3.8) is 0 Å². The number of hydrogen-bond donors (Lipinski definition) is 2. The van der Waals surface area contributed by atoms with E-state index in [-0.39, 0.29) is 10.5 Å². The van der Waals surface area contributed by atoms with Crippen LogP contribution in [0.1, 0.15) is 33.3 Å². The van der Waals surface area contributed by atoms with Gasteiger partial charge in [-0.15, -0.1) is 0 Å². The van der Waals surface area contributed by atoms with E-state index in [0.717, 1.165) is 6.07 Å². The number of halogens is 1. The van der Waals surface area contributed by atoms with Gasteiger partial charge >= 0.3 is 7.12 Å². The van der Waals surface area contributed by atoms with Gasteiger partial charge in [0.25, 0.3) is 0 Å². The first-order valence-corrected chi connectivity index (χ1v) is 9.54. The lowest BCUT2D eigenvalue weighted by atomic mass is 9.78. The van der Waals surface area contributed by atoms with Gasteiger partial charge in [-0.25, -0.2) is 17.9 Å². The Hall–Kier alpha value is -0.865. The highest BCUT2D eigenvalue weighted by Gasteiger charge is 2.52. The number of hydrogen-bond acceptors (Lipinski definition) is 5. The quantitative estimate of drug-likeness (QED) is 0.628. The molecule has 0 amide bonds. The van der Waals surface area contributed by atoms with Crippen LogP contribution < -0.4 is 5.14 Å². The molecule has 1 fully saturated rings. The third-order valence-electron chi connectivity index (χ3n) is 4.38. The van der Waals surface area contributed by atoms with Gasteiger partial charge in [0.2, 0.25) is 10.0 Å². The summed E-state index contributed by atoms with van der Waals surface area (Å²) in [5.74, 6) is -0.398. The Kier molecular flexibility index (Phi) is 5.23. The topological polar surface area (TPSA) is 78.6 Å². The Bertz CT molecular complexity index is 762. The average molecular weight is 373 g/mol. The Morgan fingerprint density at radius 2 is 1.83 bits per heavy atom. The zero-order valence-corrected chi connectivity index (χ0v) is 15.7. The van der Waals surface area contributed by atoms with Crippen molar-refractivity contribution in [3.8, 4) is 0 Å². The summed E-state index contributed by atoms with van der Waals surface area (Å²) in [6.45, 7) is 7.69. The number of thiol groups is 1. The molecule has 0 bridgehead atoms. The molecule has 1 aromatic rings. The van der Waals surface area contributed by atoms with Gasteiger partial charge in [-0.05, 0) is 45.3 Å². The minimum atomic E-state index is -3.95. The summed E-state index contributed by atoms with van der Waals surface area (Å²) < 4.78 is 48.6. The minimum absolute atomic E-state index is 0.209. The van der Waals surface area contributed by atoms with E-state index in [2.05, 4.69) is 12.6 Å². The Balaban J connectivity index is 2.36. The maximum atomic E-state index is 14.2. The van der Waals surface area contributed by atoms with Gasteiger partial charge in [0.1, 0.15) is 5.82 Å². The number of benzene rings is 1. The zero-order valence-electron chi connectivity index (χ0n) is 14.0. The lowest BCUT2D eigenvalue weighted by molar-refractivity contribution is 0.00578. The van der Waals surface area contributed by atoms with Crippen LogP contribution in [0.25, 0.3) is 6.08 Å². The third-order valence-corrected chi connectivity index (χ3v) is 5.66. The van der Waals surface area contributed by atoms with Gasteiger partial charge in [0, 0.05) is 11.3 Å². The molecule has 9 heteroatoms. The van der Waals surface area contributed by atoms with E-state index >= 15 is 0 Å². The summed E-state index contributed by atoms with van der Waals surface area (Å²) in [4.78, 5) is -0.278. The third kappa shape index (κ3) is 3.86. The van der Waals surface area contributed by atoms with Gasteiger partial charge in [0.05, 0.1) is 16.1 Å². The summed E-state index contributed by atoms with van der Waals surface area (Å²) in [5.41, 5.74) is -0.189. The van der Waals surface area contributed by atoms with E-state index in [4.69, 9.17) is 14.4 Å². The molecule has 5 nitrogen and oxygen atoms in total. The van der Waals surface area contributed by atoms with E-state index in [1.165, 1.54) is 12.1 Å². The van der Waals surface area contributed by atoms with Crippen LogP contribution in [0.2, 0.25) is 0 Å². The minimum Gasteiger partial charge on any atom is -0.400 e. The van der Waals surface area contributed by atoms with Crippen LogP contribution in [-0.2, 0) is 19.3 Å². The van der Waals surface area contributed by atoms with E-state index in [9.17, 15) is 12.8 Å². The largest absolute Gasteiger partial charge is 0.491 e. The van der Waals surface area contributed by atoms with Crippen molar-refractivity contribution >= 4 is 35.8 Å². The molecule has 24 heavy (non-hydrogen) atoms. The highest BCUT2D eigenvalue weighted by atomic mass is 32.2. The first-order chi connectivity index (χ1) is 10.9. The SMILES string of the molecule is CC1(C)OB(C(=Cc2ccc(S(N)(=O)=O)cc2F)CS)OC1(C)C. The molecular weight excluding hydrogens is 352 g/mol. The molecule has 132 valence electrons. The van der Waals surface area contributed by atoms with Crippen molar-refractivity contribution in [1.82, 2.24) is 0 Å². The second-order valence-electron chi connectivity index (χ2n) is 6.69. The fourth-order valence-electron chi connectivity index (χ4n) is 2.18. The molecule has 2 N–H and O–H groups in total. The highest BCUT2D eigenvalue weighted by molar-refractivity contribution is 7.89. The first kappa shape index (κ1) is 19.5. The van der Waals surface area contributed by atoms with Gasteiger partial charge < -0.3 is 9.31 Å². The second-order valence-corrected chi connectivity index (χ2v) is 8.57. The number of primary sulfonamides is 1. The molecule has 0 saturated carbocycles. The maximum Gasteiger partial charge on any atom is 0.491 e. The smallest absolute Gasteiger partial charge is 0.400 e. The zero-order chi connectivity index (χ0) is 18.3. The van der Waals surface area contributed by atoms with E-state index < -0.39 is 34.2 Å². The van der Waals surface area contributed by atoms with Gasteiger partial charge in [-0.1, -0.05) is 12.1 Å². The van der Waals surface area contributed by atoms with Crippen molar-refractivity contribution in [2.24, 2.45) is 5.14 Å². The molecule has 1 aliphatic heterocycles. The Morgan fingerprint density at radius 3 is 2.25 bits per heavy atom. The maximum absolute atomic E-state index is 14.2. The fraction of sp³-hybridized carbons (Fsp3) is 0.467. The average Bonchev–Trinajstić information content (AvgIpc) is 2.64. The molecule has 0 aromatic heterocycles. The van der Waals surface area contributed by atoms with E-state index in [1.54, 1.807) is 6.08 Å². The predicted octanol–water partition coefficient (Wildman–Crippen LogP) is 2.42. The molecule has 0 unspecified atom stereocenters. The lowest BCUT2D eigenvalue weighted by Crippen LogP contribution is -2.41. The molecule has 1 aromatic carbocycles. The van der Waals surface area contributed by atoms with Crippen molar-refractivity contribution < 1.29 is 22.1 Å². The summed E-state index contributed by atoms with van der Waals surface area (Å²) in [6.07, 6.45) is 1.55. The van der Waals surface area contributed by atoms with Crippen molar-refractivity contribution in [2.75, 3.05) is 5.75 Å². The fourth-order valence-corrected chi connectivity index (χ4v) is 2.95. The lowest BCUT2D eigenvalue weighted by Gasteiger charge is -2.32. The molecule has 2 rings (SSSR count). The van der Waals surface area contributed by atoms with Crippen molar-refractivity contribution in [3.05, 3.63) is 35.1 Å². The van der Waals surface area contributed by atoms with Crippen LogP contribution in [-0.4, -0.2) is 32.5 Å². The van der Waals surface area contributed by atoms with Gasteiger partial charge in [-0.2, -0.15) is 12.6 Å². The van der Waals surface area contributed by atoms with E-state index in [0.29, 0.717) is 11.2 Å². The van der Waals surface area contributed by atoms with Crippen LogP contribution in [0, 0.1) is 5.82 Å². The molecular formula is C15H21BFNO4S2.